The van der Waals surface area contributed by atoms with E-state index in [0.29, 0.717) is 25.1 Å². The Balaban J connectivity index is 1.35. The summed E-state index contributed by atoms with van der Waals surface area (Å²) in [5.74, 6) is -0.786. The lowest BCUT2D eigenvalue weighted by Gasteiger charge is -2.29. The minimum atomic E-state index is -0.591. The van der Waals surface area contributed by atoms with Crippen LogP contribution in [-0.2, 0) is 29.1 Å². The van der Waals surface area contributed by atoms with Gasteiger partial charge in [0.15, 0.2) is 0 Å². The first-order chi connectivity index (χ1) is 15.0. The molecule has 0 bridgehead atoms. The van der Waals surface area contributed by atoms with Gasteiger partial charge in [0.2, 0.25) is 11.8 Å². The fourth-order valence-electron chi connectivity index (χ4n) is 5.05. The first-order valence-corrected chi connectivity index (χ1v) is 10.8. The smallest absolute Gasteiger partial charge is 0.255 e. The first-order valence-electron chi connectivity index (χ1n) is 10.8. The van der Waals surface area contributed by atoms with E-state index in [0.717, 1.165) is 30.6 Å². The summed E-state index contributed by atoms with van der Waals surface area (Å²) in [7, 11) is 0. The van der Waals surface area contributed by atoms with Crippen LogP contribution >= 0.6 is 0 Å². The molecule has 0 aromatic heterocycles. The number of imide groups is 1. The van der Waals surface area contributed by atoms with E-state index in [1.54, 1.807) is 4.90 Å². The van der Waals surface area contributed by atoms with Gasteiger partial charge in [0.25, 0.3) is 5.91 Å². The van der Waals surface area contributed by atoms with Crippen LogP contribution in [0.2, 0.25) is 0 Å². The molecule has 3 amide bonds. The molecule has 5 rings (SSSR count). The maximum Gasteiger partial charge on any atom is 0.255 e. The Bertz CT molecular complexity index is 1070. The monoisotopic (exact) mass is 418 g/mol. The maximum atomic E-state index is 13.1. The molecular weight excluding hydrogens is 392 g/mol. The van der Waals surface area contributed by atoms with Gasteiger partial charge in [-0.3, -0.25) is 24.6 Å². The number of benzene rings is 2. The second-order valence-corrected chi connectivity index (χ2v) is 8.63. The van der Waals surface area contributed by atoms with E-state index in [4.69, 9.17) is 5.73 Å². The molecule has 3 N–H and O–H groups in total. The van der Waals surface area contributed by atoms with Gasteiger partial charge in [-0.2, -0.15) is 0 Å². The highest BCUT2D eigenvalue weighted by molar-refractivity contribution is 6.05. The summed E-state index contributed by atoms with van der Waals surface area (Å²) in [4.78, 5) is 40.8. The molecule has 2 aromatic rings. The second kappa shape index (κ2) is 7.90. The van der Waals surface area contributed by atoms with Crippen molar-refractivity contribution in [2.75, 3.05) is 13.1 Å². The van der Waals surface area contributed by atoms with Crippen LogP contribution in [0.5, 0.6) is 0 Å². The Labute approximate surface area is 181 Å². The normalized spacial score (nSPS) is 23.9. The highest BCUT2D eigenvalue weighted by atomic mass is 16.2. The van der Waals surface area contributed by atoms with Crippen LogP contribution in [0.3, 0.4) is 0 Å². The Hall–Kier alpha value is -3.03. The van der Waals surface area contributed by atoms with Crippen LogP contribution < -0.4 is 11.1 Å². The van der Waals surface area contributed by atoms with Crippen LogP contribution in [0.4, 0.5) is 0 Å². The van der Waals surface area contributed by atoms with Crippen molar-refractivity contribution >= 4 is 17.7 Å². The minimum absolute atomic E-state index is 0.0444. The molecule has 3 heterocycles. The number of carbonyl (C=O) groups excluding carboxylic acids is 3. The molecular formula is C24H26N4O3. The molecule has 160 valence electrons. The minimum Gasteiger partial charge on any atom is -0.323 e. The number of hydrogen-bond donors (Lipinski definition) is 2. The molecule has 31 heavy (non-hydrogen) atoms. The van der Waals surface area contributed by atoms with Crippen LogP contribution in [0.1, 0.15) is 51.5 Å². The van der Waals surface area contributed by atoms with E-state index in [1.165, 1.54) is 11.1 Å². The zero-order valence-electron chi connectivity index (χ0n) is 17.3. The van der Waals surface area contributed by atoms with Gasteiger partial charge in [0.1, 0.15) is 6.04 Å². The van der Waals surface area contributed by atoms with E-state index in [2.05, 4.69) is 34.5 Å². The fourth-order valence-corrected chi connectivity index (χ4v) is 5.05. The number of amides is 3. The van der Waals surface area contributed by atoms with Gasteiger partial charge in [-0.25, -0.2) is 0 Å². The summed E-state index contributed by atoms with van der Waals surface area (Å²) < 4.78 is 0. The third kappa shape index (κ3) is 3.64. The number of nitrogens with zero attached hydrogens (tertiary/aromatic N) is 2. The lowest BCUT2D eigenvalue weighted by Crippen LogP contribution is -2.52. The summed E-state index contributed by atoms with van der Waals surface area (Å²) in [5, 5.41) is 2.36. The van der Waals surface area contributed by atoms with E-state index >= 15 is 0 Å². The average Bonchev–Trinajstić information content (AvgIpc) is 3.00. The van der Waals surface area contributed by atoms with Gasteiger partial charge in [0.05, 0.1) is 0 Å². The van der Waals surface area contributed by atoms with E-state index in [1.807, 2.05) is 18.2 Å². The highest BCUT2D eigenvalue weighted by Gasteiger charge is 2.39. The van der Waals surface area contributed by atoms with Gasteiger partial charge in [0, 0.05) is 44.2 Å². The van der Waals surface area contributed by atoms with Crippen LogP contribution in [0, 0.1) is 0 Å². The van der Waals surface area contributed by atoms with Crippen molar-refractivity contribution in [1.82, 2.24) is 15.1 Å². The molecule has 1 fully saturated rings. The summed E-state index contributed by atoms with van der Waals surface area (Å²) >= 11 is 0. The van der Waals surface area contributed by atoms with Crippen molar-refractivity contribution in [3.63, 3.8) is 0 Å². The lowest BCUT2D eigenvalue weighted by molar-refractivity contribution is -0.136. The van der Waals surface area contributed by atoms with Crippen molar-refractivity contribution in [3.8, 4) is 0 Å². The first kappa shape index (κ1) is 19.9. The molecule has 0 radical (unpaired) electrons. The van der Waals surface area contributed by atoms with Gasteiger partial charge in [-0.05, 0) is 41.2 Å². The van der Waals surface area contributed by atoms with Crippen molar-refractivity contribution in [2.45, 2.75) is 44.4 Å². The largest absolute Gasteiger partial charge is 0.323 e. The van der Waals surface area contributed by atoms with E-state index in [9.17, 15) is 14.4 Å². The van der Waals surface area contributed by atoms with Crippen molar-refractivity contribution in [1.29, 1.82) is 0 Å². The van der Waals surface area contributed by atoms with Crippen LogP contribution in [0.25, 0.3) is 0 Å². The zero-order chi connectivity index (χ0) is 21.5. The molecule has 2 aromatic carbocycles. The third-order valence-electron chi connectivity index (χ3n) is 6.68. The maximum absolute atomic E-state index is 13.1. The Kier molecular flexibility index (Phi) is 5.08. The molecule has 2 unspecified atom stereocenters. The summed E-state index contributed by atoms with van der Waals surface area (Å²) in [6.45, 7) is 2.77. The Morgan fingerprint density at radius 2 is 1.87 bits per heavy atom. The summed E-state index contributed by atoms with van der Waals surface area (Å²) in [5.41, 5.74) is 11.7. The number of nitrogens with two attached hydrogens (primary N) is 1. The van der Waals surface area contributed by atoms with Crippen LogP contribution in [0.15, 0.2) is 42.5 Å². The predicted molar refractivity (Wildman–Crippen MR) is 115 cm³/mol. The second-order valence-electron chi connectivity index (χ2n) is 8.63. The average molecular weight is 418 g/mol. The zero-order valence-corrected chi connectivity index (χ0v) is 17.3. The standard InChI is InChI=1S/C24H26N4O3/c25-20-14-27(11-10-15-4-1-2-6-17(15)20)12-16-5-3-7-18-19(16)13-28(24(18)31)21-8-9-22(29)26-23(21)30/h1-7,20-21H,8-14,25H2,(H,26,29,30). The summed E-state index contributed by atoms with van der Waals surface area (Å²) in [6, 6.07) is 13.5. The molecule has 0 spiro atoms. The SMILES string of the molecule is NC1CN(Cc2cccc3c2CN(C2CCC(=O)NC2=O)C3=O)CCc2ccccc21. The van der Waals surface area contributed by atoms with Crippen molar-refractivity contribution < 1.29 is 14.4 Å². The predicted octanol–water partition coefficient (Wildman–Crippen LogP) is 1.51. The Morgan fingerprint density at radius 1 is 1.03 bits per heavy atom. The molecule has 7 nitrogen and oxygen atoms in total. The number of fused-ring (bicyclic) bond motifs is 2. The molecule has 0 saturated carbocycles. The summed E-state index contributed by atoms with van der Waals surface area (Å²) in [6.07, 6.45) is 1.58. The molecule has 1 saturated heterocycles. The van der Waals surface area contributed by atoms with Gasteiger partial charge in [-0.15, -0.1) is 0 Å². The van der Waals surface area contributed by atoms with Gasteiger partial charge >= 0.3 is 0 Å². The number of carbonyl (C=O) groups is 3. The third-order valence-corrected chi connectivity index (χ3v) is 6.68. The molecule has 3 aliphatic rings. The quantitative estimate of drug-likeness (QED) is 0.737. The molecule has 7 heteroatoms. The lowest BCUT2D eigenvalue weighted by atomic mass is 10.0. The number of nitrogens with one attached hydrogen (secondary N) is 1. The van der Waals surface area contributed by atoms with Gasteiger partial charge in [-0.1, -0.05) is 36.4 Å². The molecule has 2 atom stereocenters. The number of rotatable bonds is 3. The number of hydrogen-bond acceptors (Lipinski definition) is 5. The fraction of sp³-hybridized carbons (Fsp3) is 0.375. The van der Waals surface area contributed by atoms with E-state index in [-0.39, 0.29) is 30.2 Å². The van der Waals surface area contributed by atoms with Gasteiger partial charge < -0.3 is 10.6 Å². The molecule has 3 aliphatic heterocycles. The number of piperidine rings is 1. The topological polar surface area (TPSA) is 95.7 Å². The Morgan fingerprint density at radius 3 is 2.71 bits per heavy atom. The van der Waals surface area contributed by atoms with Crippen molar-refractivity contribution in [3.05, 3.63) is 70.3 Å². The van der Waals surface area contributed by atoms with E-state index < -0.39 is 6.04 Å². The van der Waals surface area contributed by atoms with Crippen molar-refractivity contribution in [2.24, 2.45) is 5.73 Å². The van der Waals surface area contributed by atoms with Crippen LogP contribution in [-0.4, -0.2) is 46.7 Å². The molecule has 0 aliphatic carbocycles. The highest BCUT2D eigenvalue weighted by Crippen LogP contribution is 2.31.